The van der Waals surface area contributed by atoms with Crippen LogP contribution in [0.15, 0.2) is 24.5 Å². The average molecular weight is 309 g/mol. The second kappa shape index (κ2) is 5.09. The van der Waals surface area contributed by atoms with Gasteiger partial charge in [-0.3, -0.25) is 4.68 Å². The minimum absolute atomic E-state index is 0.137. The highest BCUT2D eigenvalue weighted by molar-refractivity contribution is 5.86. The SMILES string of the molecule is N#Cc1nc(Cn2cc(C(=O)O)cn2)ccc1N1CC2CC2C1. The van der Waals surface area contributed by atoms with E-state index in [0.29, 0.717) is 17.9 Å². The summed E-state index contributed by atoms with van der Waals surface area (Å²) in [5.74, 6) is 0.573. The molecule has 0 bridgehead atoms. The van der Waals surface area contributed by atoms with Crippen molar-refractivity contribution in [3.8, 4) is 6.07 Å². The highest BCUT2D eigenvalue weighted by atomic mass is 16.4. The number of rotatable bonds is 4. The van der Waals surface area contributed by atoms with Crippen LogP contribution in [0.1, 0.15) is 28.2 Å². The van der Waals surface area contributed by atoms with Crippen molar-refractivity contribution in [1.29, 1.82) is 5.26 Å². The van der Waals surface area contributed by atoms with Crippen LogP contribution in [0, 0.1) is 23.2 Å². The van der Waals surface area contributed by atoms with E-state index in [2.05, 4.69) is 21.1 Å². The van der Waals surface area contributed by atoms with E-state index in [4.69, 9.17) is 5.11 Å². The number of carbonyl (C=O) groups is 1. The molecule has 2 fully saturated rings. The molecular formula is C16H15N5O2. The molecular weight excluding hydrogens is 294 g/mol. The summed E-state index contributed by atoms with van der Waals surface area (Å²) in [5.41, 5.74) is 2.15. The second-order valence-electron chi connectivity index (χ2n) is 6.17. The van der Waals surface area contributed by atoms with Crippen LogP contribution in [-0.2, 0) is 6.54 Å². The van der Waals surface area contributed by atoms with Crippen LogP contribution >= 0.6 is 0 Å². The summed E-state index contributed by atoms with van der Waals surface area (Å²) in [7, 11) is 0. The number of carboxylic acid groups (broad SMARTS) is 1. The van der Waals surface area contributed by atoms with Crippen LogP contribution in [0.4, 0.5) is 5.69 Å². The Hall–Kier alpha value is -2.88. The quantitative estimate of drug-likeness (QED) is 0.916. The minimum Gasteiger partial charge on any atom is -0.478 e. The van der Waals surface area contributed by atoms with E-state index < -0.39 is 5.97 Å². The minimum atomic E-state index is -1.01. The maximum atomic E-state index is 10.9. The number of carboxylic acids is 1. The Morgan fingerprint density at radius 3 is 2.83 bits per heavy atom. The summed E-state index contributed by atoms with van der Waals surface area (Å²) >= 11 is 0. The van der Waals surface area contributed by atoms with Crippen molar-refractivity contribution in [2.24, 2.45) is 11.8 Å². The Morgan fingerprint density at radius 2 is 2.17 bits per heavy atom. The number of pyridine rings is 1. The third-order valence-electron chi connectivity index (χ3n) is 4.56. The second-order valence-corrected chi connectivity index (χ2v) is 6.17. The molecule has 2 aromatic rings. The van der Waals surface area contributed by atoms with Gasteiger partial charge in [0.25, 0.3) is 0 Å². The molecule has 1 saturated heterocycles. The lowest BCUT2D eigenvalue weighted by Gasteiger charge is -2.21. The zero-order chi connectivity index (χ0) is 16.0. The first-order valence-corrected chi connectivity index (χ1v) is 7.55. The maximum absolute atomic E-state index is 10.9. The van der Waals surface area contributed by atoms with Crippen molar-refractivity contribution in [1.82, 2.24) is 14.8 Å². The monoisotopic (exact) mass is 309 g/mol. The number of fused-ring (bicyclic) bond motifs is 1. The molecule has 0 aromatic carbocycles. The van der Waals surface area contributed by atoms with Gasteiger partial charge in [-0.05, 0) is 30.4 Å². The third kappa shape index (κ3) is 2.52. The highest BCUT2D eigenvalue weighted by Crippen LogP contribution is 2.46. The van der Waals surface area contributed by atoms with Gasteiger partial charge in [-0.25, -0.2) is 9.78 Å². The third-order valence-corrected chi connectivity index (χ3v) is 4.56. The molecule has 1 saturated carbocycles. The molecule has 2 unspecified atom stereocenters. The molecule has 7 heteroatoms. The van der Waals surface area contributed by atoms with E-state index >= 15 is 0 Å². The number of hydrogen-bond donors (Lipinski definition) is 1. The van der Waals surface area contributed by atoms with E-state index in [1.165, 1.54) is 23.5 Å². The molecule has 0 amide bonds. The van der Waals surface area contributed by atoms with Crippen molar-refractivity contribution >= 4 is 11.7 Å². The van der Waals surface area contributed by atoms with Gasteiger partial charge in [-0.2, -0.15) is 10.4 Å². The standard InChI is InChI=1S/C16H15N5O2/c17-4-14-15(20-6-10-3-11(10)7-20)2-1-13(19-14)9-21-8-12(5-18-21)16(22)23/h1-2,5,8,10-11H,3,6-7,9H2,(H,22,23). The first-order chi connectivity index (χ1) is 11.1. The molecule has 116 valence electrons. The summed E-state index contributed by atoms with van der Waals surface area (Å²) in [6.07, 6.45) is 4.07. The molecule has 3 heterocycles. The summed E-state index contributed by atoms with van der Waals surface area (Å²) < 4.78 is 1.51. The van der Waals surface area contributed by atoms with Gasteiger partial charge in [-0.1, -0.05) is 0 Å². The molecule has 2 aromatic heterocycles. The molecule has 0 radical (unpaired) electrons. The predicted molar refractivity (Wildman–Crippen MR) is 81.1 cm³/mol. The highest BCUT2D eigenvalue weighted by Gasteiger charge is 2.45. The zero-order valence-electron chi connectivity index (χ0n) is 12.4. The molecule has 1 N–H and O–H groups in total. The van der Waals surface area contributed by atoms with E-state index in [0.717, 1.165) is 30.6 Å². The van der Waals surface area contributed by atoms with Crippen molar-refractivity contribution in [3.63, 3.8) is 0 Å². The van der Waals surface area contributed by atoms with Crippen LogP contribution in [0.3, 0.4) is 0 Å². The van der Waals surface area contributed by atoms with E-state index in [-0.39, 0.29) is 5.56 Å². The van der Waals surface area contributed by atoms with Gasteiger partial charge in [0.05, 0.1) is 29.7 Å². The maximum Gasteiger partial charge on any atom is 0.338 e. The Morgan fingerprint density at radius 1 is 1.39 bits per heavy atom. The Labute approximate surface area is 132 Å². The number of nitriles is 1. The topological polar surface area (TPSA) is 95.0 Å². The van der Waals surface area contributed by atoms with E-state index in [9.17, 15) is 10.1 Å². The number of piperidine rings is 1. The first-order valence-electron chi connectivity index (χ1n) is 7.55. The molecule has 0 spiro atoms. The smallest absolute Gasteiger partial charge is 0.338 e. The molecule has 23 heavy (non-hydrogen) atoms. The van der Waals surface area contributed by atoms with Crippen LogP contribution in [0.5, 0.6) is 0 Å². The fourth-order valence-corrected chi connectivity index (χ4v) is 3.24. The Kier molecular flexibility index (Phi) is 3.05. The largest absolute Gasteiger partial charge is 0.478 e. The summed E-state index contributed by atoms with van der Waals surface area (Å²) in [5, 5.41) is 22.3. The Bertz CT molecular complexity index is 812. The van der Waals surface area contributed by atoms with Gasteiger partial charge in [-0.15, -0.1) is 0 Å². The molecule has 7 nitrogen and oxygen atoms in total. The van der Waals surface area contributed by atoms with Crippen molar-refractivity contribution < 1.29 is 9.90 Å². The lowest BCUT2D eigenvalue weighted by molar-refractivity contribution is 0.0697. The molecule has 1 aliphatic heterocycles. The molecule has 2 aliphatic rings. The van der Waals surface area contributed by atoms with Crippen LogP contribution in [0.2, 0.25) is 0 Å². The van der Waals surface area contributed by atoms with Gasteiger partial charge in [0, 0.05) is 19.3 Å². The van der Waals surface area contributed by atoms with Crippen molar-refractivity contribution in [3.05, 3.63) is 41.5 Å². The summed E-state index contributed by atoms with van der Waals surface area (Å²) in [6, 6.07) is 5.99. The van der Waals surface area contributed by atoms with Crippen LogP contribution in [0.25, 0.3) is 0 Å². The first kappa shape index (κ1) is 13.8. The summed E-state index contributed by atoms with van der Waals surface area (Å²) in [6.45, 7) is 2.37. The molecule has 1 aliphatic carbocycles. The van der Waals surface area contributed by atoms with Crippen molar-refractivity contribution in [2.45, 2.75) is 13.0 Å². The van der Waals surface area contributed by atoms with Gasteiger partial charge < -0.3 is 10.0 Å². The van der Waals surface area contributed by atoms with Crippen LogP contribution < -0.4 is 4.90 Å². The van der Waals surface area contributed by atoms with E-state index in [1.807, 2.05) is 12.1 Å². The average Bonchev–Trinajstić information content (AvgIpc) is 2.96. The molecule has 2 atom stereocenters. The number of aromatic carboxylic acids is 1. The van der Waals surface area contributed by atoms with Gasteiger partial charge in [0.2, 0.25) is 0 Å². The Balaban J connectivity index is 1.55. The number of aromatic nitrogens is 3. The lowest BCUT2D eigenvalue weighted by Crippen LogP contribution is -2.23. The van der Waals surface area contributed by atoms with Gasteiger partial charge in [0.15, 0.2) is 5.69 Å². The van der Waals surface area contributed by atoms with Gasteiger partial charge >= 0.3 is 5.97 Å². The van der Waals surface area contributed by atoms with Gasteiger partial charge in [0.1, 0.15) is 6.07 Å². The summed E-state index contributed by atoms with van der Waals surface area (Å²) in [4.78, 5) is 17.5. The number of anilines is 1. The fraction of sp³-hybridized carbons (Fsp3) is 0.375. The predicted octanol–water partition coefficient (Wildman–Crippen LogP) is 1.35. The van der Waals surface area contributed by atoms with Crippen molar-refractivity contribution in [2.75, 3.05) is 18.0 Å². The lowest BCUT2D eigenvalue weighted by atomic mass is 10.2. The molecule has 4 rings (SSSR count). The van der Waals surface area contributed by atoms with E-state index in [1.54, 1.807) is 0 Å². The normalized spacial score (nSPS) is 21.8. The number of hydrogen-bond acceptors (Lipinski definition) is 5. The zero-order valence-corrected chi connectivity index (χ0v) is 12.4. The van der Waals surface area contributed by atoms with Crippen LogP contribution in [-0.4, -0.2) is 38.9 Å². The fourth-order valence-electron chi connectivity index (χ4n) is 3.24. The number of nitrogens with zero attached hydrogens (tertiary/aromatic N) is 5.